The van der Waals surface area contributed by atoms with E-state index in [1.807, 2.05) is 18.3 Å². The van der Waals surface area contributed by atoms with E-state index in [1.54, 1.807) is 11.1 Å². The van der Waals surface area contributed by atoms with Crippen molar-refractivity contribution in [2.24, 2.45) is 0 Å². The topological polar surface area (TPSA) is 85.8 Å². The molecule has 0 aliphatic carbocycles. The number of piperazine rings is 1. The number of halogens is 2. The highest BCUT2D eigenvalue weighted by Gasteiger charge is 2.24. The number of phenolic OH excluding ortho intramolecular Hbond substituents is 1. The molecule has 170 valence electrons. The number of anilines is 1. The van der Waals surface area contributed by atoms with Gasteiger partial charge < -0.3 is 15.3 Å². The number of pyridine rings is 1. The van der Waals surface area contributed by atoms with Crippen LogP contribution < -0.4 is 5.32 Å². The molecular formula is C24H22F2N4O3. The predicted molar refractivity (Wildman–Crippen MR) is 118 cm³/mol. The number of rotatable bonds is 5. The van der Waals surface area contributed by atoms with Crippen molar-refractivity contribution in [1.82, 2.24) is 14.8 Å². The van der Waals surface area contributed by atoms with Crippen LogP contribution in [0.25, 0.3) is 0 Å². The van der Waals surface area contributed by atoms with Crippen molar-refractivity contribution >= 4 is 17.5 Å². The van der Waals surface area contributed by atoms with Crippen LogP contribution >= 0.6 is 0 Å². The molecule has 0 saturated carbocycles. The Morgan fingerprint density at radius 3 is 2.36 bits per heavy atom. The summed E-state index contributed by atoms with van der Waals surface area (Å²) in [6.07, 6.45) is 3.55. The molecule has 9 heteroatoms. The molecule has 2 aromatic carbocycles. The van der Waals surface area contributed by atoms with Crippen molar-refractivity contribution < 1.29 is 23.5 Å². The summed E-state index contributed by atoms with van der Waals surface area (Å²) < 4.78 is 26.7. The Kier molecular flexibility index (Phi) is 6.60. The number of hydrogen-bond donors (Lipinski definition) is 2. The minimum atomic E-state index is -0.871. The second kappa shape index (κ2) is 9.74. The summed E-state index contributed by atoms with van der Waals surface area (Å²) in [5, 5.41) is 12.8. The summed E-state index contributed by atoms with van der Waals surface area (Å²) in [5.74, 6) is -3.08. The molecule has 1 aliphatic heterocycles. The SMILES string of the molecule is O=C(Nc1ccc(C(=O)N2CCN(Cc3cccnc3)CC2)c(O)c1)c1cc(F)cc(F)c1. The normalized spacial score (nSPS) is 14.2. The maximum Gasteiger partial charge on any atom is 0.257 e. The molecule has 7 nitrogen and oxygen atoms in total. The number of aromatic hydroxyl groups is 1. The smallest absolute Gasteiger partial charge is 0.257 e. The molecule has 0 atom stereocenters. The zero-order valence-electron chi connectivity index (χ0n) is 17.7. The third-order valence-electron chi connectivity index (χ3n) is 5.40. The molecule has 2 N–H and O–H groups in total. The molecule has 2 amide bonds. The van der Waals surface area contributed by atoms with E-state index < -0.39 is 17.5 Å². The number of phenols is 1. The van der Waals surface area contributed by atoms with Crippen molar-refractivity contribution in [2.45, 2.75) is 6.54 Å². The van der Waals surface area contributed by atoms with Gasteiger partial charge in [0.05, 0.1) is 5.56 Å². The summed E-state index contributed by atoms with van der Waals surface area (Å²) >= 11 is 0. The van der Waals surface area contributed by atoms with Gasteiger partial charge in [-0.25, -0.2) is 8.78 Å². The highest BCUT2D eigenvalue weighted by atomic mass is 19.1. The van der Waals surface area contributed by atoms with Gasteiger partial charge in [0.2, 0.25) is 0 Å². The number of aromatic nitrogens is 1. The molecular weight excluding hydrogens is 430 g/mol. The van der Waals surface area contributed by atoms with Gasteiger partial charge >= 0.3 is 0 Å². The van der Waals surface area contributed by atoms with Crippen LogP contribution in [-0.2, 0) is 6.54 Å². The minimum absolute atomic E-state index is 0.116. The van der Waals surface area contributed by atoms with Gasteiger partial charge in [0.1, 0.15) is 17.4 Å². The van der Waals surface area contributed by atoms with Crippen LogP contribution in [0.5, 0.6) is 5.75 Å². The van der Waals surface area contributed by atoms with Gasteiger partial charge in [0.15, 0.2) is 0 Å². The van der Waals surface area contributed by atoms with E-state index in [1.165, 1.54) is 18.2 Å². The second-order valence-corrected chi connectivity index (χ2v) is 7.77. The monoisotopic (exact) mass is 452 g/mol. The quantitative estimate of drug-likeness (QED) is 0.621. The maximum absolute atomic E-state index is 13.3. The van der Waals surface area contributed by atoms with E-state index in [2.05, 4.69) is 15.2 Å². The van der Waals surface area contributed by atoms with Gasteiger partial charge in [-0.05, 0) is 35.9 Å². The van der Waals surface area contributed by atoms with Crippen LogP contribution in [-0.4, -0.2) is 57.9 Å². The lowest BCUT2D eigenvalue weighted by molar-refractivity contribution is 0.0625. The van der Waals surface area contributed by atoms with E-state index in [-0.39, 0.29) is 28.5 Å². The molecule has 1 fully saturated rings. The van der Waals surface area contributed by atoms with E-state index in [0.717, 1.165) is 24.2 Å². The van der Waals surface area contributed by atoms with Crippen molar-refractivity contribution in [3.63, 3.8) is 0 Å². The fraction of sp³-hybridized carbons (Fsp3) is 0.208. The molecule has 0 spiro atoms. The molecule has 4 rings (SSSR count). The molecule has 1 aromatic heterocycles. The van der Waals surface area contributed by atoms with Crippen LogP contribution in [0, 0.1) is 11.6 Å². The van der Waals surface area contributed by atoms with Crippen molar-refractivity contribution in [1.29, 1.82) is 0 Å². The number of carbonyl (C=O) groups excluding carboxylic acids is 2. The summed E-state index contributed by atoms with van der Waals surface area (Å²) in [4.78, 5) is 33.1. The highest BCUT2D eigenvalue weighted by molar-refractivity contribution is 6.05. The van der Waals surface area contributed by atoms with E-state index >= 15 is 0 Å². The van der Waals surface area contributed by atoms with E-state index in [0.29, 0.717) is 32.2 Å². The second-order valence-electron chi connectivity index (χ2n) is 7.77. The average molecular weight is 452 g/mol. The Hall–Kier alpha value is -3.85. The molecule has 0 unspecified atom stereocenters. The Morgan fingerprint density at radius 1 is 1.00 bits per heavy atom. The molecule has 0 radical (unpaired) electrons. The molecule has 1 aliphatic rings. The minimum Gasteiger partial charge on any atom is -0.507 e. The van der Waals surface area contributed by atoms with Crippen molar-refractivity contribution in [3.05, 3.63) is 89.2 Å². The van der Waals surface area contributed by atoms with Gasteiger partial charge in [0.25, 0.3) is 11.8 Å². The van der Waals surface area contributed by atoms with Crippen LogP contribution in [0.2, 0.25) is 0 Å². The molecule has 2 heterocycles. The lowest BCUT2D eigenvalue weighted by Crippen LogP contribution is -2.48. The number of hydrogen-bond acceptors (Lipinski definition) is 5. The van der Waals surface area contributed by atoms with Crippen LogP contribution in [0.3, 0.4) is 0 Å². The molecule has 0 bridgehead atoms. The summed E-state index contributed by atoms with van der Waals surface area (Å²) in [5.41, 5.74) is 1.22. The van der Waals surface area contributed by atoms with Gasteiger partial charge in [-0.2, -0.15) is 0 Å². The van der Waals surface area contributed by atoms with Gasteiger partial charge in [-0.1, -0.05) is 6.07 Å². The first-order valence-electron chi connectivity index (χ1n) is 10.4. The maximum atomic E-state index is 13.3. The number of carbonyl (C=O) groups is 2. The Morgan fingerprint density at radius 2 is 1.73 bits per heavy atom. The third-order valence-corrected chi connectivity index (χ3v) is 5.40. The standard InChI is InChI=1S/C24H22F2N4O3/c25-18-10-17(11-19(26)12-18)23(32)28-20-3-4-21(22(31)13-20)24(33)30-8-6-29(7-9-30)15-16-2-1-5-27-14-16/h1-5,10-14,31H,6-9,15H2,(H,28,32). The lowest BCUT2D eigenvalue weighted by Gasteiger charge is -2.34. The summed E-state index contributed by atoms with van der Waals surface area (Å²) in [6, 6.07) is 10.5. The van der Waals surface area contributed by atoms with Gasteiger partial charge in [-0.15, -0.1) is 0 Å². The summed E-state index contributed by atoms with van der Waals surface area (Å²) in [7, 11) is 0. The third kappa shape index (κ3) is 5.50. The highest BCUT2D eigenvalue weighted by Crippen LogP contribution is 2.25. The van der Waals surface area contributed by atoms with Crippen molar-refractivity contribution in [3.8, 4) is 5.75 Å². The molecule has 3 aromatic rings. The first kappa shape index (κ1) is 22.3. The average Bonchev–Trinajstić information content (AvgIpc) is 2.79. The molecule has 1 saturated heterocycles. The van der Waals surface area contributed by atoms with Gasteiger partial charge in [-0.3, -0.25) is 19.5 Å². The zero-order chi connectivity index (χ0) is 23.4. The predicted octanol–water partition coefficient (Wildman–Crippen LogP) is 3.28. The van der Waals surface area contributed by atoms with Crippen LogP contribution in [0.4, 0.5) is 14.5 Å². The lowest BCUT2D eigenvalue weighted by atomic mass is 10.1. The van der Waals surface area contributed by atoms with E-state index in [9.17, 15) is 23.5 Å². The Labute approximate surface area is 189 Å². The largest absolute Gasteiger partial charge is 0.507 e. The fourth-order valence-corrected chi connectivity index (χ4v) is 3.71. The molecule has 33 heavy (non-hydrogen) atoms. The van der Waals surface area contributed by atoms with E-state index in [4.69, 9.17) is 0 Å². The van der Waals surface area contributed by atoms with Gasteiger partial charge in [0, 0.05) is 68.5 Å². The first-order chi connectivity index (χ1) is 15.9. The zero-order valence-corrected chi connectivity index (χ0v) is 17.7. The number of nitrogens with zero attached hydrogens (tertiary/aromatic N) is 3. The Bertz CT molecular complexity index is 1150. The number of amides is 2. The number of nitrogens with one attached hydrogen (secondary N) is 1. The fourth-order valence-electron chi connectivity index (χ4n) is 3.71. The number of benzene rings is 2. The van der Waals surface area contributed by atoms with Crippen LogP contribution in [0.1, 0.15) is 26.3 Å². The van der Waals surface area contributed by atoms with Crippen LogP contribution in [0.15, 0.2) is 60.9 Å². The summed E-state index contributed by atoms with van der Waals surface area (Å²) in [6.45, 7) is 3.18. The van der Waals surface area contributed by atoms with Crippen molar-refractivity contribution in [2.75, 3.05) is 31.5 Å². The first-order valence-corrected chi connectivity index (χ1v) is 10.4. The Balaban J connectivity index is 1.36.